The number of carbonyl (C=O) groups excluding carboxylic acids is 1. The van der Waals surface area contributed by atoms with Crippen LogP contribution in [0.15, 0.2) is 18.2 Å². The number of benzene rings is 1. The van der Waals surface area contributed by atoms with Crippen LogP contribution in [0.2, 0.25) is 0 Å². The zero-order chi connectivity index (χ0) is 16.1. The van der Waals surface area contributed by atoms with Crippen molar-refractivity contribution >= 4 is 11.9 Å². The molecule has 0 bridgehead atoms. The first kappa shape index (κ1) is 16.5. The Labute approximate surface area is 132 Å². The van der Waals surface area contributed by atoms with Gasteiger partial charge < -0.3 is 10.0 Å². The van der Waals surface area contributed by atoms with Gasteiger partial charge in [0, 0.05) is 13.1 Å². The summed E-state index contributed by atoms with van der Waals surface area (Å²) in [5.41, 5.74) is 3.81. The summed E-state index contributed by atoms with van der Waals surface area (Å²) in [6.07, 6.45) is 3.81. The fourth-order valence-electron chi connectivity index (χ4n) is 3.01. The Morgan fingerprint density at radius 2 is 1.95 bits per heavy atom. The van der Waals surface area contributed by atoms with E-state index in [1.165, 1.54) is 17.5 Å². The summed E-state index contributed by atoms with van der Waals surface area (Å²) in [6.45, 7) is 4.97. The van der Waals surface area contributed by atoms with Crippen LogP contribution in [-0.4, -0.2) is 35.0 Å². The average molecular weight is 303 g/mol. The highest BCUT2D eigenvalue weighted by molar-refractivity contribution is 5.79. The molecule has 0 heterocycles. The van der Waals surface area contributed by atoms with E-state index >= 15 is 0 Å². The molecule has 0 saturated carbocycles. The van der Waals surface area contributed by atoms with Gasteiger partial charge in [0.25, 0.3) is 0 Å². The molecular weight excluding hydrogens is 278 g/mol. The monoisotopic (exact) mass is 303 g/mol. The van der Waals surface area contributed by atoms with Crippen LogP contribution in [0.1, 0.15) is 43.4 Å². The van der Waals surface area contributed by atoms with E-state index in [4.69, 9.17) is 5.11 Å². The summed E-state index contributed by atoms with van der Waals surface area (Å²) in [4.78, 5) is 24.9. The minimum Gasteiger partial charge on any atom is -0.481 e. The lowest BCUT2D eigenvalue weighted by Crippen LogP contribution is -2.37. The van der Waals surface area contributed by atoms with E-state index in [-0.39, 0.29) is 18.9 Å². The van der Waals surface area contributed by atoms with Crippen molar-refractivity contribution in [3.63, 3.8) is 0 Å². The molecule has 4 heteroatoms. The fourth-order valence-corrected chi connectivity index (χ4v) is 3.01. The topological polar surface area (TPSA) is 57.6 Å². The van der Waals surface area contributed by atoms with E-state index in [1.54, 1.807) is 4.90 Å². The highest BCUT2D eigenvalue weighted by atomic mass is 16.4. The molecule has 0 unspecified atom stereocenters. The summed E-state index contributed by atoms with van der Waals surface area (Å²) < 4.78 is 0. The first-order valence-corrected chi connectivity index (χ1v) is 8.06. The van der Waals surface area contributed by atoms with Gasteiger partial charge in [-0.1, -0.05) is 32.0 Å². The molecule has 0 atom stereocenters. The molecule has 0 saturated heterocycles. The van der Waals surface area contributed by atoms with Gasteiger partial charge >= 0.3 is 5.97 Å². The van der Waals surface area contributed by atoms with E-state index in [0.29, 0.717) is 18.9 Å². The van der Waals surface area contributed by atoms with Gasteiger partial charge in [-0.15, -0.1) is 0 Å². The van der Waals surface area contributed by atoms with Gasteiger partial charge in [-0.25, -0.2) is 0 Å². The minimum atomic E-state index is -0.862. The smallest absolute Gasteiger partial charge is 0.305 e. The highest BCUT2D eigenvalue weighted by Crippen LogP contribution is 2.23. The molecule has 1 aromatic rings. The fraction of sp³-hybridized carbons (Fsp3) is 0.556. The number of aryl methyl sites for hydroxylation is 2. The Kier molecular flexibility index (Phi) is 5.58. The number of hydrogen-bond donors (Lipinski definition) is 1. The predicted octanol–water partition coefficient (Wildman–Crippen LogP) is 2.68. The zero-order valence-electron chi connectivity index (χ0n) is 13.5. The van der Waals surface area contributed by atoms with Crippen molar-refractivity contribution in [3.8, 4) is 0 Å². The highest BCUT2D eigenvalue weighted by Gasteiger charge is 2.18. The van der Waals surface area contributed by atoms with Crippen LogP contribution >= 0.6 is 0 Å². The second-order valence-electron chi connectivity index (χ2n) is 6.51. The Morgan fingerprint density at radius 1 is 1.23 bits per heavy atom. The number of nitrogens with zero attached hydrogens (tertiary/aromatic N) is 1. The molecule has 0 spiro atoms. The van der Waals surface area contributed by atoms with Crippen LogP contribution in [0, 0.1) is 5.92 Å². The quantitative estimate of drug-likeness (QED) is 0.842. The first-order chi connectivity index (χ1) is 10.5. The van der Waals surface area contributed by atoms with Crippen LogP contribution in [0.5, 0.6) is 0 Å². The van der Waals surface area contributed by atoms with E-state index in [0.717, 1.165) is 18.4 Å². The molecule has 1 amide bonds. The van der Waals surface area contributed by atoms with Crippen molar-refractivity contribution in [2.45, 2.75) is 46.0 Å². The molecule has 0 fully saturated rings. The molecule has 1 N–H and O–H groups in total. The van der Waals surface area contributed by atoms with Crippen LogP contribution in [-0.2, 0) is 28.9 Å². The van der Waals surface area contributed by atoms with Gasteiger partial charge in [-0.2, -0.15) is 0 Å². The zero-order valence-corrected chi connectivity index (χ0v) is 13.5. The number of hydrogen-bond acceptors (Lipinski definition) is 2. The normalized spacial score (nSPS) is 13.2. The minimum absolute atomic E-state index is 0.00263. The van der Waals surface area contributed by atoms with Crippen molar-refractivity contribution in [1.82, 2.24) is 4.90 Å². The standard InChI is InChI=1S/C18H25NO3/c1-13(2)12-19(9-8-18(21)22)17(20)11-14-6-7-15-4-3-5-16(15)10-14/h6-7,10,13H,3-5,8-9,11-12H2,1-2H3,(H,21,22). The van der Waals surface area contributed by atoms with Gasteiger partial charge in [0.1, 0.15) is 0 Å². The van der Waals surface area contributed by atoms with Crippen molar-refractivity contribution < 1.29 is 14.7 Å². The van der Waals surface area contributed by atoms with E-state index < -0.39 is 5.97 Å². The second kappa shape index (κ2) is 7.43. The predicted molar refractivity (Wildman–Crippen MR) is 85.8 cm³/mol. The number of carboxylic acid groups (broad SMARTS) is 1. The number of carbonyl (C=O) groups is 2. The Balaban J connectivity index is 2.01. The largest absolute Gasteiger partial charge is 0.481 e. The van der Waals surface area contributed by atoms with Crippen LogP contribution in [0.3, 0.4) is 0 Å². The van der Waals surface area contributed by atoms with Crippen molar-refractivity contribution in [2.75, 3.05) is 13.1 Å². The van der Waals surface area contributed by atoms with Gasteiger partial charge in [-0.05, 0) is 41.9 Å². The van der Waals surface area contributed by atoms with Crippen molar-refractivity contribution in [2.24, 2.45) is 5.92 Å². The number of fused-ring (bicyclic) bond motifs is 1. The molecule has 0 radical (unpaired) electrons. The summed E-state index contributed by atoms with van der Waals surface area (Å²) >= 11 is 0. The molecule has 1 aromatic carbocycles. The van der Waals surface area contributed by atoms with E-state index in [2.05, 4.69) is 12.1 Å². The first-order valence-electron chi connectivity index (χ1n) is 8.06. The van der Waals surface area contributed by atoms with Gasteiger partial charge in [0.15, 0.2) is 0 Å². The maximum Gasteiger partial charge on any atom is 0.305 e. The molecular formula is C18H25NO3. The Hall–Kier alpha value is -1.84. The van der Waals surface area contributed by atoms with Gasteiger partial charge in [0.2, 0.25) is 5.91 Å². The third-order valence-corrected chi connectivity index (χ3v) is 4.05. The maximum absolute atomic E-state index is 12.5. The summed E-state index contributed by atoms with van der Waals surface area (Å²) in [5, 5.41) is 8.84. The number of carboxylic acids is 1. The average Bonchev–Trinajstić information content (AvgIpc) is 2.90. The molecule has 2 rings (SSSR count). The lowest BCUT2D eigenvalue weighted by molar-refractivity contribution is -0.138. The van der Waals surface area contributed by atoms with E-state index in [1.807, 2.05) is 19.9 Å². The SMILES string of the molecule is CC(C)CN(CCC(=O)O)C(=O)Cc1ccc2c(c1)CCC2. The van der Waals surface area contributed by atoms with Crippen LogP contribution in [0.4, 0.5) is 0 Å². The maximum atomic E-state index is 12.5. The van der Waals surface area contributed by atoms with Crippen molar-refractivity contribution in [1.29, 1.82) is 0 Å². The molecule has 1 aliphatic carbocycles. The molecule has 22 heavy (non-hydrogen) atoms. The number of rotatable bonds is 7. The van der Waals surface area contributed by atoms with E-state index in [9.17, 15) is 9.59 Å². The lowest BCUT2D eigenvalue weighted by Gasteiger charge is -2.24. The van der Waals surface area contributed by atoms with Crippen molar-refractivity contribution in [3.05, 3.63) is 34.9 Å². The van der Waals surface area contributed by atoms with Gasteiger partial charge in [-0.3, -0.25) is 9.59 Å². The number of amides is 1. The molecule has 1 aliphatic rings. The second-order valence-corrected chi connectivity index (χ2v) is 6.51. The van der Waals surface area contributed by atoms with Crippen LogP contribution in [0.25, 0.3) is 0 Å². The Bertz CT molecular complexity index is 551. The summed E-state index contributed by atoms with van der Waals surface area (Å²) in [5.74, 6) is -0.509. The third kappa shape index (κ3) is 4.58. The summed E-state index contributed by atoms with van der Waals surface area (Å²) in [6, 6.07) is 6.31. The molecule has 120 valence electrons. The third-order valence-electron chi connectivity index (χ3n) is 4.05. The van der Waals surface area contributed by atoms with Crippen LogP contribution < -0.4 is 0 Å². The summed E-state index contributed by atoms with van der Waals surface area (Å²) in [7, 11) is 0. The van der Waals surface area contributed by atoms with Gasteiger partial charge in [0.05, 0.1) is 12.8 Å². The number of aliphatic carboxylic acids is 1. The molecule has 0 aliphatic heterocycles. The molecule has 4 nitrogen and oxygen atoms in total. The lowest BCUT2D eigenvalue weighted by atomic mass is 10.0. The molecule has 0 aromatic heterocycles. The Morgan fingerprint density at radius 3 is 2.64 bits per heavy atom.